The number of halogens is 2. The van der Waals surface area contributed by atoms with Crippen LogP contribution < -0.4 is 19.6 Å². The highest BCUT2D eigenvalue weighted by atomic mass is 127. The second-order valence-corrected chi connectivity index (χ2v) is 12.1. The Kier molecular flexibility index (Phi) is 6.29. The van der Waals surface area contributed by atoms with Crippen molar-refractivity contribution < 1.29 is 9.84 Å². The lowest BCUT2D eigenvalue weighted by molar-refractivity contribution is 0.413. The van der Waals surface area contributed by atoms with Gasteiger partial charge >= 0.3 is 0 Å². The quantitative estimate of drug-likeness (QED) is 0.295. The monoisotopic (exact) mass is 718 g/mol. The number of phenolic OH excluding ortho intramolecular Hbond substituents is 1. The summed E-state index contributed by atoms with van der Waals surface area (Å²) in [5.74, 6) is 1.03. The highest BCUT2D eigenvalue weighted by molar-refractivity contribution is 14.1. The van der Waals surface area contributed by atoms with Gasteiger partial charge in [-0.3, -0.25) is 9.36 Å². The number of thiazole rings is 1. The Labute approximate surface area is 238 Å². The van der Waals surface area contributed by atoms with Gasteiger partial charge < -0.3 is 9.84 Å². The second-order valence-electron chi connectivity index (χ2n) is 8.72. The molecule has 1 aromatic heterocycles. The Morgan fingerprint density at radius 3 is 2.64 bits per heavy atom. The zero-order chi connectivity index (χ0) is 25.0. The number of nitrogens with zero attached hydrogens (tertiary/aromatic N) is 2. The van der Waals surface area contributed by atoms with Crippen molar-refractivity contribution in [1.82, 2.24) is 4.57 Å². The Morgan fingerprint density at radius 1 is 1.08 bits per heavy atom. The van der Waals surface area contributed by atoms with E-state index in [0.29, 0.717) is 9.33 Å². The van der Waals surface area contributed by atoms with E-state index in [4.69, 9.17) is 9.73 Å². The molecule has 2 aliphatic rings. The third-order valence-corrected chi connectivity index (χ3v) is 9.25. The van der Waals surface area contributed by atoms with Crippen LogP contribution in [-0.4, -0.2) is 16.8 Å². The number of aromatic nitrogens is 1. The van der Waals surface area contributed by atoms with Crippen molar-refractivity contribution in [1.29, 1.82) is 0 Å². The first-order valence-corrected chi connectivity index (χ1v) is 14.4. The molecule has 180 valence electrons. The molecular formula is C28H20I2N2O3S. The minimum absolute atomic E-state index is 0.0601. The van der Waals surface area contributed by atoms with Crippen LogP contribution >= 0.6 is 56.5 Å². The molecule has 1 atom stereocenters. The number of phenols is 1. The summed E-state index contributed by atoms with van der Waals surface area (Å²) in [5, 5.41) is 10.2. The van der Waals surface area contributed by atoms with E-state index in [2.05, 4.69) is 69.4 Å². The molecule has 4 aromatic rings. The molecular weight excluding hydrogens is 698 g/mol. The van der Waals surface area contributed by atoms with Gasteiger partial charge in [0.05, 0.1) is 30.5 Å². The van der Waals surface area contributed by atoms with Crippen molar-refractivity contribution in [2.45, 2.75) is 18.9 Å². The highest BCUT2D eigenvalue weighted by Gasteiger charge is 2.32. The molecule has 0 radical (unpaired) electrons. The summed E-state index contributed by atoms with van der Waals surface area (Å²) in [6.45, 7) is 0. The third kappa shape index (κ3) is 4.03. The number of fused-ring (bicyclic) bond motifs is 3. The Morgan fingerprint density at radius 2 is 1.86 bits per heavy atom. The van der Waals surface area contributed by atoms with Crippen LogP contribution in [0.15, 0.2) is 76.0 Å². The molecule has 1 unspecified atom stereocenters. The number of hydrogen-bond donors (Lipinski definition) is 1. The molecule has 3 aromatic carbocycles. The van der Waals surface area contributed by atoms with Crippen molar-refractivity contribution in [2.24, 2.45) is 4.99 Å². The number of benzene rings is 3. The van der Waals surface area contributed by atoms with Crippen LogP contribution in [0.3, 0.4) is 0 Å². The predicted octanol–water partition coefficient (Wildman–Crippen LogP) is 5.24. The number of methoxy groups -OCH3 is 1. The molecule has 0 bridgehead atoms. The maximum atomic E-state index is 13.9. The number of rotatable bonds is 3. The van der Waals surface area contributed by atoms with E-state index >= 15 is 0 Å². The lowest BCUT2D eigenvalue weighted by Gasteiger charge is -2.31. The Hall–Kier alpha value is -2.44. The van der Waals surface area contributed by atoms with E-state index in [1.807, 2.05) is 47.0 Å². The van der Waals surface area contributed by atoms with Gasteiger partial charge in [-0.25, -0.2) is 4.99 Å². The van der Waals surface area contributed by atoms with Gasteiger partial charge in [0.2, 0.25) is 0 Å². The lowest BCUT2D eigenvalue weighted by atomic mass is 9.83. The van der Waals surface area contributed by atoms with Crippen LogP contribution in [0.4, 0.5) is 0 Å². The van der Waals surface area contributed by atoms with E-state index in [0.717, 1.165) is 53.7 Å². The second kappa shape index (κ2) is 9.46. The fraction of sp³-hybridized carbons (Fsp3) is 0.143. The lowest BCUT2D eigenvalue weighted by Crippen LogP contribution is -2.38. The van der Waals surface area contributed by atoms with Gasteiger partial charge in [0.15, 0.2) is 4.80 Å². The smallest absolute Gasteiger partial charge is 0.271 e. The summed E-state index contributed by atoms with van der Waals surface area (Å²) >= 11 is 5.63. The first kappa shape index (κ1) is 23.9. The zero-order valence-corrected chi connectivity index (χ0v) is 24.3. The van der Waals surface area contributed by atoms with Gasteiger partial charge in [-0.15, -0.1) is 0 Å². The molecule has 2 heterocycles. The van der Waals surface area contributed by atoms with E-state index in [9.17, 15) is 9.90 Å². The van der Waals surface area contributed by atoms with Crippen LogP contribution in [0.1, 0.15) is 34.7 Å². The van der Waals surface area contributed by atoms with Gasteiger partial charge in [0, 0.05) is 5.56 Å². The summed E-state index contributed by atoms with van der Waals surface area (Å²) in [4.78, 5) is 19.6. The summed E-state index contributed by atoms with van der Waals surface area (Å²) in [6.07, 6.45) is 3.66. The minimum atomic E-state index is -0.248. The Balaban J connectivity index is 1.62. The van der Waals surface area contributed by atoms with Crippen molar-refractivity contribution >= 4 is 68.3 Å². The average molecular weight is 718 g/mol. The third-order valence-electron chi connectivity index (χ3n) is 6.62. The summed E-state index contributed by atoms with van der Waals surface area (Å²) in [5.41, 5.74) is 6.40. The number of ether oxygens (including phenoxy) is 1. The van der Waals surface area contributed by atoms with Crippen molar-refractivity contribution in [2.75, 3.05) is 7.11 Å². The van der Waals surface area contributed by atoms with E-state index in [1.54, 1.807) is 7.11 Å². The van der Waals surface area contributed by atoms with Crippen LogP contribution in [0.5, 0.6) is 11.5 Å². The minimum Gasteiger partial charge on any atom is -0.506 e. The fourth-order valence-corrected chi connectivity index (χ4v) is 7.77. The number of aryl methyl sites for hydroxylation is 1. The summed E-state index contributed by atoms with van der Waals surface area (Å²) < 4.78 is 9.48. The molecule has 5 nitrogen and oxygen atoms in total. The van der Waals surface area contributed by atoms with Gasteiger partial charge in [-0.05, 0) is 111 Å². The van der Waals surface area contributed by atoms with Crippen molar-refractivity contribution in [3.05, 3.63) is 115 Å². The maximum Gasteiger partial charge on any atom is 0.271 e. The van der Waals surface area contributed by atoms with Gasteiger partial charge in [-0.2, -0.15) is 0 Å². The number of aromatic hydroxyl groups is 1. The molecule has 0 fully saturated rings. The standard InChI is InChI=1S/C28H20I2N2O3S/c1-35-18-7-4-6-17(14-18)25-20-10-9-16-5-2-3-8-19(16)24(20)31-28-32(25)27(34)23(36-28)13-15-11-21(29)26(33)22(30)12-15/h2-8,11-14,25,33H,9-10H2,1H3/b23-13+. The van der Waals surface area contributed by atoms with Crippen molar-refractivity contribution in [3.8, 4) is 11.5 Å². The molecule has 0 saturated heterocycles. The van der Waals surface area contributed by atoms with E-state index < -0.39 is 0 Å². The van der Waals surface area contributed by atoms with Crippen LogP contribution in [0, 0.1) is 7.14 Å². The topological polar surface area (TPSA) is 63.8 Å². The summed E-state index contributed by atoms with van der Waals surface area (Å²) in [6, 6.07) is 19.9. The molecule has 0 spiro atoms. The van der Waals surface area contributed by atoms with Crippen LogP contribution in [0.25, 0.3) is 11.8 Å². The molecule has 6 rings (SSSR count). The number of hydrogen-bond acceptors (Lipinski definition) is 5. The average Bonchev–Trinajstić information content (AvgIpc) is 3.20. The van der Waals surface area contributed by atoms with Gasteiger partial charge in [-0.1, -0.05) is 47.7 Å². The Bertz CT molecular complexity index is 1730. The summed E-state index contributed by atoms with van der Waals surface area (Å²) in [7, 11) is 1.66. The van der Waals surface area contributed by atoms with E-state index in [-0.39, 0.29) is 17.4 Å². The van der Waals surface area contributed by atoms with Crippen molar-refractivity contribution in [3.63, 3.8) is 0 Å². The SMILES string of the molecule is COc1cccc(C2C3=C(N=c4s/c(=C/c5cc(I)c(O)c(I)c5)c(=O)n42)c2ccccc2CC3)c1. The molecule has 1 aliphatic carbocycles. The molecule has 0 amide bonds. The first-order valence-electron chi connectivity index (χ1n) is 11.4. The van der Waals surface area contributed by atoms with Crippen LogP contribution in [-0.2, 0) is 6.42 Å². The predicted molar refractivity (Wildman–Crippen MR) is 159 cm³/mol. The molecule has 36 heavy (non-hydrogen) atoms. The molecule has 1 N–H and O–H groups in total. The van der Waals surface area contributed by atoms with Crippen LogP contribution in [0.2, 0.25) is 0 Å². The highest BCUT2D eigenvalue weighted by Crippen LogP contribution is 2.41. The molecule has 0 saturated carbocycles. The fourth-order valence-electron chi connectivity index (χ4n) is 4.95. The normalized spacial score (nSPS) is 16.8. The molecule has 8 heteroatoms. The number of allylic oxidation sites excluding steroid dienone is 1. The van der Waals surface area contributed by atoms with Gasteiger partial charge in [0.1, 0.15) is 11.5 Å². The molecule has 1 aliphatic heterocycles. The maximum absolute atomic E-state index is 13.9. The van der Waals surface area contributed by atoms with E-state index in [1.165, 1.54) is 16.9 Å². The van der Waals surface area contributed by atoms with Gasteiger partial charge in [0.25, 0.3) is 5.56 Å². The largest absolute Gasteiger partial charge is 0.506 e. The first-order chi connectivity index (χ1) is 17.4. The zero-order valence-electron chi connectivity index (χ0n) is 19.2.